The van der Waals surface area contributed by atoms with Gasteiger partial charge < -0.3 is 19.9 Å². The second-order valence-corrected chi connectivity index (χ2v) is 7.80. The van der Waals surface area contributed by atoms with Crippen LogP contribution in [0.25, 0.3) is 0 Å². The smallest absolute Gasteiger partial charge is 0.325 e. The van der Waals surface area contributed by atoms with E-state index in [1.165, 1.54) is 0 Å². The van der Waals surface area contributed by atoms with E-state index in [-0.39, 0.29) is 18.5 Å². The fraction of sp³-hybridized carbons (Fsp3) is 0.550. The normalized spacial score (nSPS) is 21.8. The Morgan fingerprint density at radius 1 is 1.21 bits per heavy atom. The number of methoxy groups -OCH3 is 1. The number of imide groups is 1. The number of carbonyl (C=O) groups is 3. The lowest BCUT2D eigenvalue weighted by atomic mass is 9.92. The average molecular weight is 388 g/mol. The van der Waals surface area contributed by atoms with E-state index >= 15 is 0 Å². The van der Waals surface area contributed by atoms with Gasteiger partial charge in [-0.1, -0.05) is 12.1 Å². The van der Waals surface area contributed by atoms with Crippen molar-refractivity contribution >= 4 is 17.8 Å². The van der Waals surface area contributed by atoms with Crippen LogP contribution in [-0.2, 0) is 15.1 Å². The van der Waals surface area contributed by atoms with E-state index in [4.69, 9.17) is 4.74 Å². The molecule has 0 spiro atoms. The molecule has 1 aromatic rings. The second-order valence-electron chi connectivity index (χ2n) is 7.80. The van der Waals surface area contributed by atoms with Crippen LogP contribution in [-0.4, -0.2) is 79.4 Å². The summed E-state index contributed by atoms with van der Waals surface area (Å²) in [6, 6.07) is 6.65. The van der Waals surface area contributed by atoms with Crippen LogP contribution < -0.4 is 10.1 Å². The van der Waals surface area contributed by atoms with E-state index in [0.717, 1.165) is 24.3 Å². The fourth-order valence-corrected chi connectivity index (χ4v) is 3.39. The topological polar surface area (TPSA) is 82.2 Å². The van der Waals surface area contributed by atoms with E-state index in [1.807, 2.05) is 19.0 Å². The van der Waals surface area contributed by atoms with Gasteiger partial charge in [0.25, 0.3) is 5.91 Å². The van der Waals surface area contributed by atoms with Gasteiger partial charge in [-0.15, -0.1) is 0 Å². The molecule has 1 aliphatic carbocycles. The predicted molar refractivity (Wildman–Crippen MR) is 104 cm³/mol. The van der Waals surface area contributed by atoms with E-state index in [2.05, 4.69) is 5.32 Å². The summed E-state index contributed by atoms with van der Waals surface area (Å²) >= 11 is 0. The number of benzene rings is 1. The van der Waals surface area contributed by atoms with Crippen molar-refractivity contribution in [2.45, 2.75) is 31.3 Å². The molecule has 1 aliphatic heterocycles. The summed E-state index contributed by atoms with van der Waals surface area (Å²) in [5, 5.41) is 2.74. The minimum Gasteiger partial charge on any atom is -0.497 e. The van der Waals surface area contributed by atoms with Gasteiger partial charge >= 0.3 is 6.03 Å². The maximum Gasteiger partial charge on any atom is 0.325 e. The van der Waals surface area contributed by atoms with Gasteiger partial charge in [-0.05, 0) is 51.6 Å². The predicted octanol–water partition coefficient (Wildman–Crippen LogP) is 1.01. The van der Waals surface area contributed by atoms with E-state index < -0.39 is 17.5 Å². The first kappa shape index (κ1) is 20.1. The summed E-state index contributed by atoms with van der Waals surface area (Å²) in [6.45, 7) is 2.76. The Labute approximate surface area is 165 Å². The summed E-state index contributed by atoms with van der Waals surface area (Å²) in [6.07, 6.45) is 1.95. The molecule has 1 atom stereocenters. The van der Waals surface area contributed by atoms with Gasteiger partial charge in [-0.3, -0.25) is 14.5 Å². The van der Waals surface area contributed by atoms with Crippen molar-refractivity contribution in [1.29, 1.82) is 0 Å². The average Bonchev–Trinajstić information content (AvgIpc) is 3.47. The summed E-state index contributed by atoms with van der Waals surface area (Å²) in [5.74, 6) is 0.0586. The van der Waals surface area contributed by atoms with Crippen LogP contribution >= 0.6 is 0 Å². The summed E-state index contributed by atoms with van der Waals surface area (Å²) in [7, 11) is 5.47. The number of amides is 4. The Morgan fingerprint density at radius 2 is 1.86 bits per heavy atom. The number of ether oxygens (including phenoxy) is 1. The molecule has 1 N–H and O–H groups in total. The zero-order chi connectivity index (χ0) is 20.5. The van der Waals surface area contributed by atoms with Gasteiger partial charge in [-0.25, -0.2) is 4.79 Å². The van der Waals surface area contributed by atoms with Crippen LogP contribution in [0.5, 0.6) is 5.75 Å². The van der Waals surface area contributed by atoms with E-state index in [9.17, 15) is 14.4 Å². The number of likely N-dealkylation sites (N-methyl/N-ethyl adjacent to an activating group) is 1. The van der Waals surface area contributed by atoms with Crippen LogP contribution in [0.3, 0.4) is 0 Å². The first-order chi connectivity index (χ1) is 13.3. The lowest BCUT2D eigenvalue weighted by Gasteiger charge is -2.26. The maximum absolute atomic E-state index is 13.0. The molecule has 8 nitrogen and oxygen atoms in total. The fourth-order valence-electron chi connectivity index (χ4n) is 3.39. The first-order valence-corrected chi connectivity index (χ1v) is 9.49. The van der Waals surface area contributed by atoms with Crippen molar-refractivity contribution in [2.24, 2.45) is 0 Å². The SMILES string of the molecule is COc1ccc([C@]2(C)NC(=O)N(CC(=O)N(CCN(C)C)C3CC3)C2=O)cc1. The molecule has 1 saturated heterocycles. The highest BCUT2D eigenvalue weighted by molar-refractivity contribution is 6.09. The van der Waals surface area contributed by atoms with Crippen molar-refractivity contribution in [3.05, 3.63) is 29.8 Å². The molecule has 8 heteroatoms. The Kier molecular flexibility index (Phi) is 5.60. The number of rotatable bonds is 8. The molecule has 0 unspecified atom stereocenters. The van der Waals surface area contributed by atoms with Gasteiger partial charge in [0.2, 0.25) is 5.91 Å². The summed E-state index contributed by atoms with van der Waals surface area (Å²) in [4.78, 5) is 43.2. The Morgan fingerprint density at radius 3 is 2.39 bits per heavy atom. The number of hydrogen-bond donors (Lipinski definition) is 1. The van der Waals surface area contributed by atoms with Gasteiger partial charge in [0.15, 0.2) is 0 Å². The number of nitrogens with one attached hydrogen (secondary N) is 1. The molecule has 0 bridgehead atoms. The van der Waals surface area contributed by atoms with Crippen molar-refractivity contribution in [3.63, 3.8) is 0 Å². The molecular formula is C20H28N4O4. The van der Waals surface area contributed by atoms with Crippen molar-refractivity contribution < 1.29 is 19.1 Å². The molecule has 4 amide bonds. The van der Waals surface area contributed by atoms with Crippen LogP contribution in [0, 0.1) is 0 Å². The van der Waals surface area contributed by atoms with E-state index in [0.29, 0.717) is 17.9 Å². The zero-order valence-corrected chi connectivity index (χ0v) is 16.9. The molecule has 0 aromatic heterocycles. The standard InChI is InChI=1S/C20H28N4O4/c1-20(14-5-9-16(28-4)10-6-14)18(26)24(19(27)21-20)13-17(25)23(15-7-8-15)12-11-22(2)3/h5-6,9-10,15H,7-8,11-13H2,1-4H3,(H,21,27)/t20-/m0/s1. The second kappa shape index (κ2) is 7.79. The van der Waals surface area contributed by atoms with Gasteiger partial charge in [0, 0.05) is 19.1 Å². The molecule has 0 radical (unpaired) electrons. The first-order valence-electron chi connectivity index (χ1n) is 9.49. The zero-order valence-electron chi connectivity index (χ0n) is 16.9. The van der Waals surface area contributed by atoms with Crippen molar-refractivity contribution in [3.8, 4) is 5.75 Å². The lowest BCUT2D eigenvalue weighted by molar-refractivity contribution is -0.139. The van der Waals surface area contributed by atoms with Crippen LogP contribution in [0.4, 0.5) is 4.79 Å². The van der Waals surface area contributed by atoms with Crippen LogP contribution in [0.15, 0.2) is 24.3 Å². The Bertz CT molecular complexity index is 760. The van der Waals surface area contributed by atoms with Crippen molar-refractivity contribution in [2.75, 3.05) is 40.8 Å². The minimum absolute atomic E-state index is 0.188. The molecule has 2 aliphatic rings. The monoisotopic (exact) mass is 388 g/mol. The maximum atomic E-state index is 13.0. The summed E-state index contributed by atoms with van der Waals surface area (Å²) < 4.78 is 5.14. The van der Waals surface area contributed by atoms with Crippen LogP contribution in [0.2, 0.25) is 0 Å². The van der Waals surface area contributed by atoms with Gasteiger partial charge in [0.05, 0.1) is 7.11 Å². The minimum atomic E-state index is -1.20. The number of carbonyl (C=O) groups excluding carboxylic acids is 3. The molecule has 3 rings (SSSR count). The third-order valence-electron chi connectivity index (χ3n) is 5.33. The number of urea groups is 1. The van der Waals surface area contributed by atoms with Gasteiger partial charge in [0.1, 0.15) is 17.8 Å². The Hall–Kier alpha value is -2.61. The lowest BCUT2D eigenvalue weighted by Crippen LogP contribution is -2.46. The number of hydrogen-bond acceptors (Lipinski definition) is 5. The highest BCUT2D eigenvalue weighted by Crippen LogP contribution is 2.31. The highest BCUT2D eigenvalue weighted by atomic mass is 16.5. The quantitative estimate of drug-likeness (QED) is 0.673. The molecule has 2 fully saturated rings. The molecule has 1 aromatic carbocycles. The molecular weight excluding hydrogens is 360 g/mol. The van der Waals surface area contributed by atoms with Gasteiger partial charge in [-0.2, -0.15) is 0 Å². The molecule has 28 heavy (non-hydrogen) atoms. The Balaban J connectivity index is 1.72. The molecule has 152 valence electrons. The number of nitrogens with zero attached hydrogens (tertiary/aromatic N) is 3. The highest BCUT2D eigenvalue weighted by Gasteiger charge is 2.50. The van der Waals surface area contributed by atoms with Crippen LogP contribution in [0.1, 0.15) is 25.3 Å². The van der Waals surface area contributed by atoms with Crippen molar-refractivity contribution in [1.82, 2.24) is 20.0 Å². The van der Waals surface area contributed by atoms with E-state index in [1.54, 1.807) is 43.2 Å². The largest absolute Gasteiger partial charge is 0.497 e. The summed E-state index contributed by atoms with van der Waals surface area (Å²) in [5.41, 5.74) is -0.550. The molecule has 1 heterocycles. The molecule has 1 saturated carbocycles. The third kappa shape index (κ3) is 3.96. The third-order valence-corrected chi connectivity index (χ3v) is 5.33.